The summed E-state index contributed by atoms with van der Waals surface area (Å²) in [5.74, 6) is 0.655. The summed E-state index contributed by atoms with van der Waals surface area (Å²) >= 11 is 0. The van der Waals surface area contributed by atoms with Crippen LogP contribution in [0.3, 0.4) is 0 Å². The fourth-order valence-corrected chi connectivity index (χ4v) is 4.03. The van der Waals surface area contributed by atoms with Crippen molar-refractivity contribution in [2.45, 2.75) is 31.2 Å². The second kappa shape index (κ2) is 5.54. The number of nitrogens with one attached hydrogen (secondary N) is 2. The highest BCUT2D eigenvalue weighted by Gasteiger charge is 2.50. The maximum absolute atomic E-state index is 13.1. The molecule has 2 fully saturated rings. The van der Waals surface area contributed by atoms with E-state index in [1.807, 2.05) is 24.3 Å². The number of aromatic nitrogens is 1. The van der Waals surface area contributed by atoms with Gasteiger partial charge in [0.05, 0.1) is 7.11 Å². The van der Waals surface area contributed by atoms with Crippen LogP contribution in [0, 0.1) is 0 Å². The van der Waals surface area contributed by atoms with Gasteiger partial charge in [0.25, 0.3) is 5.91 Å². The Balaban J connectivity index is 1.68. The molecule has 0 aliphatic carbocycles. The van der Waals surface area contributed by atoms with Crippen molar-refractivity contribution >= 4 is 22.7 Å². The lowest BCUT2D eigenvalue weighted by Crippen LogP contribution is -2.60. The van der Waals surface area contributed by atoms with E-state index in [0.717, 1.165) is 42.3 Å². The molecule has 2 aliphatic heterocycles. The van der Waals surface area contributed by atoms with Crippen molar-refractivity contribution in [3.05, 3.63) is 30.0 Å². The lowest BCUT2D eigenvalue weighted by Gasteiger charge is -2.39. The first kappa shape index (κ1) is 15.1. The van der Waals surface area contributed by atoms with Crippen molar-refractivity contribution in [2.75, 3.05) is 20.2 Å². The molecule has 2 amide bonds. The first-order valence-corrected chi connectivity index (χ1v) is 8.41. The maximum Gasteiger partial charge on any atom is 0.271 e. The summed E-state index contributed by atoms with van der Waals surface area (Å²) in [6.45, 7) is 1.33. The summed E-state index contributed by atoms with van der Waals surface area (Å²) in [6.07, 6.45) is 3.28. The van der Waals surface area contributed by atoms with Gasteiger partial charge in [0.1, 0.15) is 17.0 Å². The van der Waals surface area contributed by atoms with Gasteiger partial charge in [-0.25, -0.2) is 0 Å². The van der Waals surface area contributed by atoms with Gasteiger partial charge in [-0.05, 0) is 49.9 Å². The Labute approximate surface area is 140 Å². The van der Waals surface area contributed by atoms with Crippen molar-refractivity contribution in [2.24, 2.45) is 0 Å². The number of likely N-dealkylation sites (tertiary alicyclic amines) is 1. The van der Waals surface area contributed by atoms with Crippen LogP contribution in [-0.4, -0.2) is 47.4 Å². The van der Waals surface area contributed by atoms with Crippen LogP contribution in [0.1, 0.15) is 36.2 Å². The molecule has 126 valence electrons. The standard InChI is InChI=1S/C18H21N3O3/c1-24-13-4-5-14-12(10-13)11-15(20-14)16(22)21-9-3-7-18(21)6-2-8-19-17(18)23/h4-5,10-11,20H,2-3,6-9H2,1H3,(H,19,23). The molecule has 3 heterocycles. The van der Waals surface area contributed by atoms with Gasteiger partial charge >= 0.3 is 0 Å². The molecule has 1 spiro atoms. The quantitative estimate of drug-likeness (QED) is 0.886. The third-order valence-corrected chi connectivity index (χ3v) is 5.27. The van der Waals surface area contributed by atoms with Crippen molar-refractivity contribution in [1.29, 1.82) is 0 Å². The van der Waals surface area contributed by atoms with Crippen molar-refractivity contribution in [3.8, 4) is 5.75 Å². The molecular formula is C18H21N3O3. The molecule has 2 saturated heterocycles. The number of carbonyl (C=O) groups is 2. The number of carbonyl (C=O) groups excluding carboxylic acids is 2. The summed E-state index contributed by atoms with van der Waals surface area (Å²) in [5, 5.41) is 3.86. The number of hydrogen-bond donors (Lipinski definition) is 2. The molecule has 2 aromatic rings. The molecule has 2 N–H and O–H groups in total. The van der Waals surface area contributed by atoms with Gasteiger partial charge in [-0.15, -0.1) is 0 Å². The van der Waals surface area contributed by atoms with Gasteiger partial charge in [0.2, 0.25) is 5.91 Å². The van der Waals surface area contributed by atoms with Gasteiger partial charge in [0.15, 0.2) is 0 Å². The second-order valence-corrected chi connectivity index (χ2v) is 6.59. The Hall–Kier alpha value is -2.50. The van der Waals surface area contributed by atoms with E-state index in [-0.39, 0.29) is 11.8 Å². The molecular weight excluding hydrogens is 306 g/mol. The molecule has 6 heteroatoms. The number of benzene rings is 1. The van der Waals surface area contributed by atoms with E-state index in [0.29, 0.717) is 18.8 Å². The van der Waals surface area contributed by atoms with E-state index in [9.17, 15) is 9.59 Å². The average molecular weight is 327 g/mol. The molecule has 1 unspecified atom stereocenters. The van der Waals surface area contributed by atoms with Crippen LogP contribution in [0.4, 0.5) is 0 Å². The van der Waals surface area contributed by atoms with Crippen LogP contribution in [0.2, 0.25) is 0 Å². The minimum absolute atomic E-state index is 0.00243. The van der Waals surface area contributed by atoms with Crippen molar-refractivity contribution in [3.63, 3.8) is 0 Å². The predicted molar refractivity (Wildman–Crippen MR) is 90.1 cm³/mol. The normalized spacial score (nSPS) is 23.7. The van der Waals surface area contributed by atoms with Gasteiger partial charge < -0.3 is 19.9 Å². The van der Waals surface area contributed by atoms with Crippen molar-refractivity contribution < 1.29 is 14.3 Å². The van der Waals surface area contributed by atoms with Crippen LogP contribution in [-0.2, 0) is 4.79 Å². The number of fused-ring (bicyclic) bond motifs is 1. The maximum atomic E-state index is 13.1. The first-order valence-electron chi connectivity index (χ1n) is 8.41. The molecule has 1 atom stereocenters. The summed E-state index contributed by atoms with van der Waals surface area (Å²) < 4.78 is 5.23. The Kier molecular flexibility index (Phi) is 3.48. The van der Waals surface area contributed by atoms with E-state index in [1.54, 1.807) is 12.0 Å². The highest BCUT2D eigenvalue weighted by atomic mass is 16.5. The lowest BCUT2D eigenvalue weighted by atomic mass is 9.86. The summed E-state index contributed by atoms with van der Waals surface area (Å²) in [6, 6.07) is 7.50. The Morgan fingerprint density at radius 1 is 1.25 bits per heavy atom. The third kappa shape index (κ3) is 2.17. The number of ether oxygens (including phenoxy) is 1. The predicted octanol–water partition coefficient (Wildman–Crippen LogP) is 2.06. The summed E-state index contributed by atoms with van der Waals surface area (Å²) in [7, 11) is 1.62. The zero-order chi connectivity index (χ0) is 16.7. The van der Waals surface area contributed by atoms with E-state index in [4.69, 9.17) is 4.74 Å². The lowest BCUT2D eigenvalue weighted by molar-refractivity contribution is -0.133. The highest BCUT2D eigenvalue weighted by molar-refractivity contribution is 6.02. The molecule has 1 aromatic heterocycles. The molecule has 0 bridgehead atoms. The summed E-state index contributed by atoms with van der Waals surface area (Å²) in [5.41, 5.74) is 0.753. The van der Waals surface area contributed by atoms with Crippen LogP contribution < -0.4 is 10.1 Å². The molecule has 0 radical (unpaired) electrons. The van der Waals surface area contributed by atoms with Crippen LogP contribution >= 0.6 is 0 Å². The van der Waals surface area contributed by atoms with Crippen LogP contribution in [0.5, 0.6) is 5.75 Å². The molecule has 6 nitrogen and oxygen atoms in total. The monoisotopic (exact) mass is 327 g/mol. The second-order valence-electron chi connectivity index (χ2n) is 6.59. The number of piperidine rings is 1. The Morgan fingerprint density at radius 2 is 2.08 bits per heavy atom. The number of amides is 2. The molecule has 4 rings (SSSR count). The SMILES string of the molecule is COc1ccc2[nH]c(C(=O)N3CCCC34CCCNC4=O)cc2c1. The molecule has 0 saturated carbocycles. The number of hydrogen-bond acceptors (Lipinski definition) is 3. The minimum Gasteiger partial charge on any atom is -0.497 e. The molecule has 1 aromatic carbocycles. The fraction of sp³-hybridized carbons (Fsp3) is 0.444. The smallest absolute Gasteiger partial charge is 0.271 e. The Morgan fingerprint density at radius 3 is 2.88 bits per heavy atom. The molecule has 2 aliphatic rings. The fourth-order valence-electron chi connectivity index (χ4n) is 4.03. The van der Waals surface area contributed by atoms with Crippen LogP contribution in [0.25, 0.3) is 10.9 Å². The zero-order valence-corrected chi connectivity index (χ0v) is 13.7. The van der Waals surface area contributed by atoms with E-state index in [2.05, 4.69) is 10.3 Å². The number of H-pyrrole nitrogens is 1. The zero-order valence-electron chi connectivity index (χ0n) is 13.7. The highest BCUT2D eigenvalue weighted by Crippen LogP contribution is 2.37. The average Bonchev–Trinajstić information content (AvgIpc) is 3.21. The minimum atomic E-state index is -0.662. The number of methoxy groups -OCH3 is 1. The van der Waals surface area contributed by atoms with Gasteiger partial charge in [-0.1, -0.05) is 0 Å². The molecule has 24 heavy (non-hydrogen) atoms. The van der Waals surface area contributed by atoms with E-state index < -0.39 is 5.54 Å². The number of aromatic amines is 1. The topological polar surface area (TPSA) is 74.4 Å². The number of rotatable bonds is 2. The van der Waals surface area contributed by atoms with Gasteiger partial charge in [-0.3, -0.25) is 9.59 Å². The largest absolute Gasteiger partial charge is 0.497 e. The van der Waals surface area contributed by atoms with Gasteiger partial charge in [-0.2, -0.15) is 0 Å². The van der Waals surface area contributed by atoms with Crippen molar-refractivity contribution in [1.82, 2.24) is 15.2 Å². The first-order chi connectivity index (χ1) is 11.6. The summed E-state index contributed by atoms with van der Waals surface area (Å²) in [4.78, 5) is 30.5. The van der Waals surface area contributed by atoms with E-state index in [1.165, 1.54) is 0 Å². The number of nitrogens with zero attached hydrogens (tertiary/aromatic N) is 1. The third-order valence-electron chi connectivity index (χ3n) is 5.27. The van der Waals surface area contributed by atoms with E-state index >= 15 is 0 Å². The van der Waals surface area contributed by atoms with Gasteiger partial charge in [0, 0.05) is 24.0 Å². The Bertz CT molecular complexity index is 813. The van der Waals surface area contributed by atoms with Crippen LogP contribution in [0.15, 0.2) is 24.3 Å².